The number of anilines is 2. The van der Waals surface area contributed by atoms with Crippen LogP contribution in [0.1, 0.15) is 37.1 Å². The Labute approximate surface area is 117 Å². The highest BCUT2D eigenvalue weighted by Crippen LogP contribution is 2.39. The van der Waals surface area contributed by atoms with Crippen LogP contribution in [-0.4, -0.2) is 19.7 Å². The second-order valence-electron chi connectivity index (χ2n) is 4.80. The SMILES string of the molecule is CCn1ccc(Nc2nc(C3CC3)nc(Cl)c2C)n1. The molecule has 0 bridgehead atoms. The van der Waals surface area contributed by atoms with Crippen molar-refractivity contribution in [3.8, 4) is 0 Å². The van der Waals surface area contributed by atoms with Crippen LogP contribution in [0.3, 0.4) is 0 Å². The molecule has 1 fully saturated rings. The lowest BCUT2D eigenvalue weighted by molar-refractivity contribution is 0.662. The van der Waals surface area contributed by atoms with E-state index in [4.69, 9.17) is 11.6 Å². The van der Waals surface area contributed by atoms with Crippen molar-refractivity contribution in [1.82, 2.24) is 19.7 Å². The van der Waals surface area contributed by atoms with Gasteiger partial charge in [0.25, 0.3) is 0 Å². The molecule has 19 heavy (non-hydrogen) atoms. The number of rotatable bonds is 4. The molecule has 2 heterocycles. The monoisotopic (exact) mass is 277 g/mol. The molecule has 1 aliphatic rings. The van der Waals surface area contributed by atoms with E-state index in [0.29, 0.717) is 11.1 Å². The molecule has 1 N–H and O–H groups in total. The van der Waals surface area contributed by atoms with Gasteiger partial charge in [0.15, 0.2) is 5.82 Å². The van der Waals surface area contributed by atoms with E-state index in [1.165, 1.54) is 0 Å². The lowest BCUT2D eigenvalue weighted by Crippen LogP contribution is -2.04. The van der Waals surface area contributed by atoms with Crippen molar-refractivity contribution >= 4 is 23.2 Å². The highest BCUT2D eigenvalue weighted by molar-refractivity contribution is 6.30. The Bertz CT molecular complexity index is 603. The Balaban J connectivity index is 1.90. The second-order valence-corrected chi connectivity index (χ2v) is 5.16. The van der Waals surface area contributed by atoms with E-state index < -0.39 is 0 Å². The zero-order chi connectivity index (χ0) is 13.4. The normalized spacial score (nSPS) is 14.7. The largest absolute Gasteiger partial charge is 0.323 e. The van der Waals surface area contributed by atoms with Crippen LogP contribution in [0, 0.1) is 6.92 Å². The molecule has 2 aromatic rings. The number of nitrogens with one attached hydrogen (secondary N) is 1. The summed E-state index contributed by atoms with van der Waals surface area (Å²) >= 11 is 6.17. The lowest BCUT2D eigenvalue weighted by Gasteiger charge is -2.09. The topological polar surface area (TPSA) is 55.6 Å². The molecule has 3 rings (SSSR count). The van der Waals surface area contributed by atoms with E-state index in [-0.39, 0.29) is 0 Å². The summed E-state index contributed by atoms with van der Waals surface area (Å²) < 4.78 is 1.86. The van der Waals surface area contributed by atoms with Gasteiger partial charge < -0.3 is 5.32 Å². The molecule has 0 radical (unpaired) electrons. The van der Waals surface area contributed by atoms with Crippen LogP contribution in [0.25, 0.3) is 0 Å². The van der Waals surface area contributed by atoms with E-state index in [9.17, 15) is 0 Å². The van der Waals surface area contributed by atoms with Crippen molar-refractivity contribution in [3.63, 3.8) is 0 Å². The van der Waals surface area contributed by atoms with E-state index in [2.05, 4.69) is 27.3 Å². The number of hydrogen-bond acceptors (Lipinski definition) is 4. The summed E-state index contributed by atoms with van der Waals surface area (Å²) in [4.78, 5) is 8.92. The highest BCUT2D eigenvalue weighted by atomic mass is 35.5. The van der Waals surface area contributed by atoms with Gasteiger partial charge >= 0.3 is 0 Å². The molecular weight excluding hydrogens is 262 g/mol. The van der Waals surface area contributed by atoms with Crippen molar-refractivity contribution in [2.24, 2.45) is 0 Å². The van der Waals surface area contributed by atoms with Crippen LogP contribution in [0.5, 0.6) is 0 Å². The Morgan fingerprint density at radius 3 is 2.84 bits per heavy atom. The van der Waals surface area contributed by atoms with Gasteiger partial charge in [0.1, 0.15) is 16.8 Å². The molecule has 0 atom stereocenters. The minimum atomic E-state index is 0.479. The zero-order valence-electron chi connectivity index (χ0n) is 11.0. The van der Waals surface area contributed by atoms with Crippen molar-refractivity contribution in [2.45, 2.75) is 39.2 Å². The molecule has 0 unspecified atom stereocenters. The van der Waals surface area contributed by atoms with Gasteiger partial charge in [-0.15, -0.1) is 0 Å². The first-order valence-electron chi connectivity index (χ1n) is 6.52. The van der Waals surface area contributed by atoms with Crippen LogP contribution in [0.2, 0.25) is 5.15 Å². The first kappa shape index (κ1) is 12.4. The third kappa shape index (κ3) is 2.56. The van der Waals surface area contributed by atoms with Crippen molar-refractivity contribution in [2.75, 3.05) is 5.32 Å². The smallest absolute Gasteiger partial charge is 0.153 e. The van der Waals surface area contributed by atoms with Gasteiger partial charge in [-0.2, -0.15) is 5.10 Å². The Morgan fingerprint density at radius 2 is 2.21 bits per heavy atom. The summed E-state index contributed by atoms with van der Waals surface area (Å²) in [5.74, 6) is 2.85. The first-order chi connectivity index (χ1) is 9.17. The molecule has 0 saturated heterocycles. The Morgan fingerprint density at radius 1 is 1.42 bits per heavy atom. The van der Waals surface area contributed by atoms with Crippen molar-refractivity contribution in [1.29, 1.82) is 0 Å². The average Bonchev–Trinajstić information content (AvgIpc) is 3.15. The van der Waals surface area contributed by atoms with Gasteiger partial charge in [0.05, 0.1) is 0 Å². The van der Waals surface area contributed by atoms with Gasteiger partial charge in [-0.1, -0.05) is 11.6 Å². The van der Waals surface area contributed by atoms with Gasteiger partial charge in [-0.05, 0) is 26.7 Å². The van der Waals surface area contributed by atoms with Crippen LogP contribution in [0.4, 0.5) is 11.6 Å². The van der Waals surface area contributed by atoms with Crippen molar-refractivity contribution in [3.05, 3.63) is 28.8 Å². The van der Waals surface area contributed by atoms with Crippen LogP contribution in [0.15, 0.2) is 12.3 Å². The summed E-state index contributed by atoms with van der Waals surface area (Å²) in [5.41, 5.74) is 0.858. The summed E-state index contributed by atoms with van der Waals surface area (Å²) in [5, 5.41) is 8.13. The number of aryl methyl sites for hydroxylation is 1. The molecule has 100 valence electrons. The van der Waals surface area contributed by atoms with Crippen molar-refractivity contribution < 1.29 is 0 Å². The summed E-state index contributed by atoms with van der Waals surface area (Å²) in [7, 11) is 0. The van der Waals surface area contributed by atoms with Gasteiger partial charge in [0, 0.05) is 30.3 Å². The number of aromatic nitrogens is 4. The number of hydrogen-bond donors (Lipinski definition) is 1. The van der Waals surface area contributed by atoms with Gasteiger partial charge in [-0.3, -0.25) is 4.68 Å². The fraction of sp³-hybridized carbons (Fsp3) is 0.462. The predicted octanol–water partition coefficient (Wildman–Crippen LogP) is 3.28. The summed E-state index contributed by atoms with van der Waals surface area (Å²) in [6.07, 6.45) is 4.24. The van der Waals surface area contributed by atoms with Gasteiger partial charge in [0.2, 0.25) is 0 Å². The van der Waals surface area contributed by atoms with Crippen LogP contribution >= 0.6 is 11.6 Å². The molecular formula is C13H16ClN5. The number of halogens is 1. The van der Waals surface area contributed by atoms with Gasteiger partial charge in [-0.25, -0.2) is 9.97 Å². The first-order valence-corrected chi connectivity index (χ1v) is 6.89. The minimum Gasteiger partial charge on any atom is -0.323 e. The van der Waals surface area contributed by atoms with Crippen LogP contribution in [-0.2, 0) is 6.54 Å². The highest BCUT2D eigenvalue weighted by Gasteiger charge is 2.28. The van der Waals surface area contributed by atoms with E-state index >= 15 is 0 Å². The third-order valence-electron chi connectivity index (χ3n) is 3.26. The summed E-state index contributed by atoms with van der Waals surface area (Å²) in [6, 6.07) is 1.93. The van der Waals surface area contributed by atoms with E-state index in [1.807, 2.05) is 23.9 Å². The molecule has 0 aromatic carbocycles. The molecule has 0 aliphatic heterocycles. The third-order valence-corrected chi connectivity index (χ3v) is 3.63. The fourth-order valence-electron chi connectivity index (χ4n) is 1.88. The Hall–Kier alpha value is -1.62. The quantitative estimate of drug-likeness (QED) is 0.872. The zero-order valence-corrected chi connectivity index (χ0v) is 11.8. The molecule has 1 aliphatic carbocycles. The molecule has 2 aromatic heterocycles. The molecule has 5 nitrogen and oxygen atoms in total. The van der Waals surface area contributed by atoms with E-state index in [0.717, 1.165) is 42.4 Å². The summed E-state index contributed by atoms with van der Waals surface area (Å²) in [6.45, 7) is 4.81. The molecule has 6 heteroatoms. The predicted molar refractivity (Wildman–Crippen MR) is 74.9 cm³/mol. The fourth-order valence-corrected chi connectivity index (χ4v) is 2.05. The minimum absolute atomic E-state index is 0.479. The maximum atomic E-state index is 6.17. The Kier molecular flexibility index (Phi) is 3.14. The lowest BCUT2D eigenvalue weighted by atomic mass is 10.3. The molecule has 0 amide bonds. The number of nitrogens with zero attached hydrogens (tertiary/aromatic N) is 4. The van der Waals surface area contributed by atoms with Crippen LogP contribution < -0.4 is 5.32 Å². The standard InChI is InChI=1S/C13H16ClN5/c1-3-19-7-6-10(18-19)15-12-8(2)11(14)16-13(17-12)9-4-5-9/h6-7,9H,3-5H2,1-2H3,(H,15,16,17,18). The molecule has 1 saturated carbocycles. The average molecular weight is 278 g/mol. The maximum absolute atomic E-state index is 6.17. The maximum Gasteiger partial charge on any atom is 0.153 e. The molecule has 0 spiro atoms. The van der Waals surface area contributed by atoms with E-state index in [1.54, 1.807) is 0 Å². The second kappa shape index (κ2) is 4.81.